The van der Waals surface area contributed by atoms with Gasteiger partial charge in [0.15, 0.2) is 0 Å². The standard InChI is InChI=1S/C14H11Cl2/c1-10(11-5-3-2-4-6-11)12-7-13(15)9-14(16)8-12/h2-8,10H,1H3. The van der Waals surface area contributed by atoms with Crippen molar-refractivity contribution in [2.24, 2.45) is 0 Å². The first-order chi connectivity index (χ1) is 7.66. The summed E-state index contributed by atoms with van der Waals surface area (Å²) in [4.78, 5) is 0. The molecule has 0 saturated carbocycles. The van der Waals surface area contributed by atoms with Crippen molar-refractivity contribution in [3.8, 4) is 0 Å². The highest BCUT2D eigenvalue weighted by Crippen LogP contribution is 2.28. The minimum Gasteiger partial charge on any atom is -0.0836 e. The SMILES string of the molecule is CC(c1ccccc1)c1cc(Cl)[c]c(Cl)c1. The van der Waals surface area contributed by atoms with Crippen molar-refractivity contribution in [2.45, 2.75) is 12.8 Å². The predicted molar refractivity (Wildman–Crippen MR) is 69.3 cm³/mol. The van der Waals surface area contributed by atoms with Gasteiger partial charge in [0.1, 0.15) is 0 Å². The molecule has 0 saturated heterocycles. The van der Waals surface area contributed by atoms with Crippen LogP contribution >= 0.6 is 23.2 Å². The first-order valence-corrected chi connectivity index (χ1v) is 5.85. The Balaban J connectivity index is 2.37. The molecule has 2 heteroatoms. The Labute approximate surface area is 106 Å². The maximum absolute atomic E-state index is 5.94. The van der Waals surface area contributed by atoms with Gasteiger partial charge in [0, 0.05) is 12.0 Å². The van der Waals surface area contributed by atoms with Crippen LogP contribution < -0.4 is 0 Å². The van der Waals surface area contributed by atoms with Crippen LogP contribution in [0.4, 0.5) is 0 Å². The van der Waals surface area contributed by atoms with Gasteiger partial charge in [0.25, 0.3) is 0 Å². The zero-order valence-electron chi connectivity index (χ0n) is 8.87. The van der Waals surface area contributed by atoms with Gasteiger partial charge in [-0.3, -0.25) is 0 Å². The van der Waals surface area contributed by atoms with E-state index < -0.39 is 0 Å². The zero-order chi connectivity index (χ0) is 11.5. The van der Waals surface area contributed by atoms with Crippen LogP contribution in [-0.2, 0) is 0 Å². The van der Waals surface area contributed by atoms with Crippen molar-refractivity contribution in [3.63, 3.8) is 0 Å². The van der Waals surface area contributed by atoms with Crippen LogP contribution in [0.1, 0.15) is 24.0 Å². The second kappa shape index (κ2) is 4.90. The van der Waals surface area contributed by atoms with Gasteiger partial charge in [-0.2, -0.15) is 0 Å². The van der Waals surface area contributed by atoms with Crippen molar-refractivity contribution < 1.29 is 0 Å². The molecule has 0 aliphatic rings. The van der Waals surface area contributed by atoms with Crippen molar-refractivity contribution >= 4 is 23.2 Å². The fraction of sp³-hybridized carbons (Fsp3) is 0.143. The highest BCUT2D eigenvalue weighted by atomic mass is 35.5. The Morgan fingerprint density at radius 3 is 2.06 bits per heavy atom. The average molecular weight is 250 g/mol. The van der Waals surface area contributed by atoms with Crippen LogP contribution in [0, 0.1) is 6.07 Å². The van der Waals surface area contributed by atoms with E-state index in [4.69, 9.17) is 23.2 Å². The fourth-order valence-electron chi connectivity index (χ4n) is 1.70. The van der Waals surface area contributed by atoms with Crippen LogP contribution in [0.3, 0.4) is 0 Å². The van der Waals surface area contributed by atoms with Gasteiger partial charge in [-0.05, 0) is 23.3 Å². The lowest BCUT2D eigenvalue weighted by Gasteiger charge is -2.12. The predicted octanol–water partition coefficient (Wildman–Crippen LogP) is 4.95. The Morgan fingerprint density at radius 1 is 0.938 bits per heavy atom. The Bertz CT molecular complexity index is 457. The maximum Gasteiger partial charge on any atom is 0.0503 e. The maximum atomic E-state index is 5.94. The number of halogens is 2. The van der Waals surface area contributed by atoms with Gasteiger partial charge in [-0.25, -0.2) is 0 Å². The van der Waals surface area contributed by atoms with Crippen LogP contribution in [0.2, 0.25) is 10.0 Å². The number of benzene rings is 2. The van der Waals surface area contributed by atoms with Crippen molar-refractivity contribution in [1.82, 2.24) is 0 Å². The van der Waals surface area contributed by atoms with Gasteiger partial charge in [0.2, 0.25) is 0 Å². The van der Waals surface area contributed by atoms with E-state index in [1.807, 2.05) is 30.3 Å². The van der Waals surface area contributed by atoms with Crippen molar-refractivity contribution in [3.05, 3.63) is 69.7 Å². The van der Waals surface area contributed by atoms with Gasteiger partial charge in [0.05, 0.1) is 10.0 Å². The lowest BCUT2D eigenvalue weighted by molar-refractivity contribution is 0.922. The molecule has 0 aliphatic heterocycles. The second-order valence-electron chi connectivity index (χ2n) is 3.74. The quantitative estimate of drug-likeness (QED) is 0.707. The highest BCUT2D eigenvalue weighted by Gasteiger charge is 2.09. The van der Waals surface area contributed by atoms with Gasteiger partial charge < -0.3 is 0 Å². The lowest BCUT2D eigenvalue weighted by atomic mass is 9.93. The van der Waals surface area contributed by atoms with Crippen LogP contribution in [0.25, 0.3) is 0 Å². The molecule has 1 radical (unpaired) electrons. The molecule has 2 aromatic carbocycles. The molecule has 1 unspecified atom stereocenters. The lowest BCUT2D eigenvalue weighted by Crippen LogP contribution is -1.95. The summed E-state index contributed by atoms with van der Waals surface area (Å²) in [5.41, 5.74) is 2.36. The minimum atomic E-state index is 0.283. The molecular weight excluding hydrogens is 239 g/mol. The Hall–Kier alpha value is -0.980. The van der Waals surface area contributed by atoms with E-state index in [1.165, 1.54) is 5.56 Å². The van der Waals surface area contributed by atoms with Gasteiger partial charge in [-0.1, -0.05) is 60.5 Å². The second-order valence-corrected chi connectivity index (χ2v) is 4.56. The van der Waals surface area contributed by atoms with Crippen molar-refractivity contribution in [1.29, 1.82) is 0 Å². The average Bonchev–Trinajstić information content (AvgIpc) is 2.28. The third-order valence-electron chi connectivity index (χ3n) is 2.63. The molecule has 0 fully saturated rings. The monoisotopic (exact) mass is 249 g/mol. The minimum absolute atomic E-state index is 0.283. The van der Waals surface area contributed by atoms with Crippen LogP contribution in [0.15, 0.2) is 42.5 Å². The summed E-state index contributed by atoms with van der Waals surface area (Å²) >= 11 is 11.9. The molecule has 0 spiro atoms. The van der Waals surface area contributed by atoms with E-state index in [2.05, 4.69) is 25.1 Å². The smallest absolute Gasteiger partial charge is 0.0503 e. The molecule has 2 aromatic rings. The molecule has 2 rings (SSSR count). The first-order valence-electron chi connectivity index (χ1n) is 5.10. The number of rotatable bonds is 2. The van der Waals surface area contributed by atoms with E-state index in [0.717, 1.165) is 5.56 Å². The summed E-state index contributed by atoms with van der Waals surface area (Å²) in [6, 6.07) is 16.9. The summed E-state index contributed by atoms with van der Waals surface area (Å²) < 4.78 is 0. The molecule has 16 heavy (non-hydrogen) atoms. The van der Waals surface area contributed by atoms with E-state index >= 15 is 0 Å². The van der Waals surface area contributed by atoms with Gasteiger partial charge >= 0.3 is 0 Å². The molecular formula is C14H11Cl2. The first kappa shape index (κ1) is 11.5. The molecule has 0 amide bonds. The molecule has 0 heterocycles. The summed E-state index contributed by atoms with van der Waals surface area (Å²) in [6.45, 7) is 2.14. The van der Waals surface area contributed by atoms with E-state index in [0.29, 0.717) is 10.0 Å². The van der Waals surface area contributed by atoms with E-state index in [9.17, 15) is 0 Å². The zero-order valence-corrected chi connectivity index (χ0v) is 10.4. The largest absolute Gasteiger partial charge is 0.0836 e. The Morgan fingerprint density at radius 2 is 1.50 bits per heavy atom. The topological polar surface area (TPSA) is 0 Å². The van der Waals surface area contributed by atoms with Crippen LogP contribution in [0.5, 0.6) is 0 Å². The Kier molecular flexibility index (Phi) is 3.52. The molecule has 0 N–H and O–H groups in total. The van der Waals surface area contributed by atoms with E-state index in [-0.39, 0.29) is 5.92 Å². The van der Waals surface area contributed by atoms with Crippen LogP contribution in [-0.4, -0.2) is 0 Å². The molecule has 0 nitrogen and oxygen atoms in total. The number of hydrogen-bond acceptors (Lipinski definition) is 0. The summed E-state index contributed by atoms with van der Waals surface area (Å²) in [5.74, 6) is 0.283. The molecule has 81 valence electrons. The molecule has 1 atom stereocenters. The van der Waals surface area contributed by atoms with Gasteiger partial charge in [-0.15, -0.1) is 0 Å². The molecule has 0 aromatic heterocycles. The van der Waals surface area contributed by atoms with E-state index in [1.54, 1.807) is 0 Å². The summed E-state index contributed by atoms with van der Waals surface area (Å²) in [5, 5.41) is 1.12. The third kappa shape index (κ3) is 2.58. The normalized spacial score (nSPS) is 12.4. The highest BCUT2D eigenvalue weighted by molar-refractivity contribution is 6.34. The fourth-order valence-corrected chi connectivity index (χ4v) is 2.21. The molecule has 0 aliphatic carbocycles. The summed E-state index contributed by atoms with van der Waals surface area (Å²) in [6.07, 6.45) is 0. The number of hydrogen-bond donors (Lipinski definition) is 0. The molecule has 0 bridgehead atoms. The van der Waals surface area contributed by atoms with Crippen molar-refractivity contribution in [2.75, 3.05) is 0 Å². The summed E-state index contributed by atoms with van der Waals surface area (Å²) in [7, 11) is 0. The third-order valence-corrected chi connectivity index (χ3v) is 3.03.